The molecule has 0 heterocycles. The molecule has 1 aromatic carbocycles. The Bertz CT molecular complexity index is 316. The second-order valence-electron chi connectivity index (χ2n) is 4.77. The summed E-state index contributed by atoms with van der Waals surface area (Å²) in [5, 5.41) is 19.5. The molecule has 0 radical (unpaired) electrons. The van der Waals surface area contributed by atoms with Gasteiger partial charge in [-0.2, -0.15) is 11.8 Å². The van der Waals surface area contributed by atoms with Crippen molar-refractivity contribution in [3.8, 4) is 0 Å². The van der Waals surface area contributed by atoms with Crippen molar-refractivity contribution >= 4 is 11.8 Å². The number of aliphatic hydroxyl groups is 2. The lowest BCUT2D eigenvalue weighted by Gasteiger charge is -2.26. The SMILES string of the molecule is CCC[C@H](SCc1ccccc1)[C@@H](O)[C@@H](C)CO. The van der Waals surface area contributed by atoms with E-state index in [0.29, 0.717) is 0 Å². The van der Waals surface area contributed by atoms with E-state index < -0.39 is 6.10 Å². The minimum absolute atomic E-state index is 0.0489. The first-order valence-electron chi connectivity index (χ1n) is 6.63. The fraction of sp³-hybridized carbons (Fsp3) is 0.600. The molecule has 3 heteroatoms. The molecule has 0 aromatic heterocycles. The predicted octanol–water partition coefficient (Wildman–Crippen LogP) is 3.08. The highest BCUT2D eigenvalue weighted by Gasteiger charge is 2.23. The van der Waals surface area contributed by atoms with Gasteiger partial charge in [-0.1, -0.05) is 50.6 Å². The first kappa shape index (κ1) is 15.5. The zero-order valence-electron chi connectivity index (χ0n) is 11.2. The number of aliphatic hydroxyl groups excluding tert-OH is 2. The summed E-state index contributed by atoms with van der Waals surface area (Å²) in [4.78, 5) is 0. The summed E-state index contributed by atoms with van der Waals surface area (Å²) in [5.74, 6) is 0.866. The number of hydrogen-bond donors (Lipinski definition) is 2. The van der Waals surface area contributed by atoms with Crippen LogP contribution in [0.1, 0.15) is 32.3 Å². The average Bonchev–Trinajstić information content (AvgIpc) is 2.43. The fourth-order valence-corrected chi connectivity index (χ4v) is 3.36. The minimum atomic E-state index is -0.427. The first-order valence-corrected chi connectivity index (χ1v) is 7.68. The number of thioether (sulfide) groups is 1. The zero-order chi connectivity index (χ0) is 13.4. The van der Waals surface area contributed by atoms with E-state index in [1.165, 1.54) is 5.56 Å². The Labute approximate surface area is 114 Å². The summed E-state index contributed by atoms with van der Waals surface area (Å²) >= 11 is 1.79. The lowest BCUT2D eigenvalue weighted by molar-refractivity contribution is 0.0734. The van der Waals surface area contributed by atoms with Gasteiger partial charge in [0.1, 0.15) is 0 Å². The van der Waals surface area contributed by atoms with Crippen LogP contribution in [-0.2, 0) is 5.75 Å². The number of hydrogen-bond acceptors (Lipinski definition) is 3. The number of benzene rings is 1. The second kappa shape index (κ2) is 8.57. The molecule has 0 aliphatic rings. The van der Waals surface area contributed by atoms with Gasteiger partial charge in [0.25, 0.3) is 0 Å². The van der Waals surface area contributed by atoms with E-state index in [0.717, 1.165) is 18.6 Å². The second-order valence-corrected chi connectivity index (χ2v) is 6.00. The molecule has 0 fully saturated rings. The molecule has 2 nitrogen and oxygen atoms in total. The van der Waals surface area contributed by atoms with E-state index in [2.05, 4.69) is 19.1 Å². The molecular weight excluding hydrogens is 244 g/mol. The minimum Gasteiger partial charge on any atom is -0.396 e. The van der Waals surface area contributed by atoms with E-state index in [9.17, 15) is 5.11 Å². The van der Waals surface area contributed by atoms with E-state index >= 15 is 0 Å². The maximum absolute atomic E-state index is 10.2. The van der Waals surface area contributed by atoms with E-state index in [-0.39, 0.29) is 17.8 Å². The maximum atomic E-state index is 10.2. The highest BCUT2D eigenvalue weighted by Crippen LogP contribution is 2.27. The molecule has 3 atom stereocenters. The third kappa shape index (κ3) is 5.01. The van der Waals surface area contributed by atoms with Gasteiger partial charge in [0, 0.05) is 23.5 Å². The van der Waals surface area contributed by atoms with Crippen LogP contribution in [0.25, 0.3) is 0 Å². The van der Waals surface area contributed by atoms with Crippen molar-refractivity contribution in [1.82, 2.24) is 0 Å². The molecule has 1 aromatic rings. The van der Waals surface area contributed by atoms with Crippen LogP contribution in [0.5, 0.6) is 0 Å². The van der Waals surface area contributed by atoms with Crippen molar-refractivity contribution in [2.75, 3.05) is 6.61 Å². The van der Waals surface area contributed by atoms with E-state index in [1.54, 1.807) is 11.8 Å². The fourth-order valence-electron chi connectivity index (χ4n) is 1.89. The summed E-state index contributed by atoms with van der Waals surface area (Å²) in [5.41, 5.74) is 1.28. The molecule has 0 saturated heterocycles. The Kier molecular flexibility index (Phi) is 7.40. The van der Waals surface area contributed by atoms with E-state index in [1.807, 2.05) is 25.1 Å². The van der Waals surface area contributed by atoms with Crippen LogP contribution in [0.4, 0.5) is 0 Å². The Morgan fingerprint density at radius 3 is 2.44 bits per heavy atom. The summed E-state index contributed by atoms with van der Waals surface area (Å²) < 4.78 is 0. The smallest absolute Gasteiger partial charge is 0.0706 e. The molecule has 102 valence electrons. The summed E-state index contributed by atoms with van der Waals surface area (Å²) in [6, 6.07) is 10.3. The Morgan fingerprint density at radius 1 is 1.22 bits per heavy atom. The van der Waals surface area contributed by atoms with Crippen LogP contribution in [0.2, 0.25) is 0 Å². The van der Waals surface area contributed by atoms with Crippen LogP contribution in [-0.4, -0.2) is 28.2 Å². The van der Waals surface area contributed by atoms with E-state index in [4.69, 9.17) is 5.11 Å². The number of rotatable bonds is 8. The van der Waals surface area contributed by atoms with Gasteiger partial charge in [-0.05, 0) is 12.0 Å². The molecule has 1 rings (SSSR count). The van der Waals surface area contributed by atoms with Crippen molar-refractivity contribution in [2.45, 2.75) is 43.8 Å². The van der Waals surface area contributed by atoms with Crippen molar-refractivity contribution in [3.63, 3.8) is 0 Å². The Hall–Kier alpha value is -0.510. The Balaban J connectivity index is 2.52. The van der Waals surface area contributed by atoms with Crippen LogP contribution in [0, 0.1) is 5.92 Å². The molecule has 0 spiro atoms. The first-order chi connectivity index (χ1) is 8.69. The van der Waals surface area contributed by atoms with Crippen LogP contribution in [0.3, 0.4) is 0 Å². The lowest BCUT2D eigenvalue weighted by atomic mass is 10.0. The molecule has 18 heavy (non-hydrogen) atoms. The standard InChI is InChI=1S/C15H24O2S/c1-3-7-14(15(17)12(2)10-16)18-11-13-8-5-4-6-9-13/h4-6,8-9,12,14-17H,3,7,10-11H2,1-2H3/t12-,14-,15-/m0/s1. The van der Waals surface area contributed by atoms with Gasteiger partial charge in [0.05, 0.1) is 6.10 Å². The van der Waals surface area contributed by atoms with Gasteiger partial charge >= 0.3 is 0 Å². The zero-order valence-corrected chi connectivity index (χ0v) is 12.1. The molecule has 0 unspecified atom stereocenters. The molecule has 0 aliphatic carbocycles. The summed E-state index contributed by atoms with van der Waals surface area (Å²) in [7, 11) is 0. The molecule has 0 saturated carbocycles. The van der Waals surface area contributed by atoms with Gasteiger partial charge in [-0.25, -0.2) is 0 Å². The predicted molar refractivity (Wildman–Crippen MR) is 78.7 cm³/mol. The third-order valence-electron chi connectivity index (χ3n) is 3.13. The van der Waals surface area contributed by atoms with Gasteiger partial charge in [0.15, 0.2) is 0 Å². The van der Waals surface area contributed by atoms with Crippen LogP contribution in [0.15, 0.2) is 30.3 Å². The largest absolute Gasteiger partial charge is 0.396 e. The van der Waals surface area contributed by atoms with Gasteiger partial charge in [0.2, 0.25) is 0 Å². The molecule has 0 aliphatic heterocycles. The van der Waals surface area contributed by atoms with Crippen molar-refractivity contribution < 1.29 is 10.2 Å². The van der Waals surface area contributed by atoms with Gasteiger partial charge < -0.3 is 10.2 Å². The van der Waals surface area contributed by atoms with Gasteiger partial charge in [-0.3, -0.25) is 0 Å². The maximum Gasteiger partial charge on any atom is 0.0706 e. The van der Waals surface area contributed by atoms with Crippen LogP contribution >= 0.6 is 11.8 Å². The molecular formula is C15H24O2S. The van der Waals surface area contributed by atoms with Gasteiger partial charge in [-0.15, -0.1) is 0 Å². The summed E-state index contributed by atoms with van der Waals surface area (Å²) in [6.45, 7) is 4.08. The Morgan fingerprint density at radius 2 is 1.89 bits per heavy atom. The highest BCUT2D eigenvalue weighted by molar-refractivity contribution is 7.99. The monoisotopic (exact) mass is 268 g/mol. The average molecular weight is 268 g/mol. The van der Waals surface area contributed by atoms with Crippen molar-refractivity contribution in [3.05, 3.63) is 35.9 Å². The molecule has 0 bridgehead atoms. The topological polar surface area (TPSA) is 40.5 Å². The normalized spacial score (nSPS) is 16.2. The highest BCUT2D eigenvalue weighted by atomic mass is 32.2. The van der Waals surface area contributed by atoms with Crippen molar-refractivity contribution in [1.29, 1.82) is 0 Å². The lowest BCUT2D eigenvalue weighted by Crippen LogP contribution is -2.32. The molecule has 2 N–H and O–H groups in total. The quantitative estimate of drug-likeness (QED) is 0.761. The van der Waals surface area contributed by atoms with Crippen LogP contribution < -0.4 is 0 Å². The molecule has 0 amide bonds. The summed E-state index contributed by atoms with van der Waals surface area (Å²) in [6.07, 6.45) is 1.62. The third-order valence-corrected chi connectivity index (χ3v) is 4.57. The van der Waals surface area contributed by atoms with Crippen molar-refractivity contribution in [2.24, 2.45) is 5.92 Å².